The molecule has 1 rings (SSSR count). The Morgan fingerprint density at radius 2 is 2.20 bits per heavy atom. The number of rotatable bonds is 5. The van der Waals surface area contributed by atoms with E-state index in [9.17, 15) is 0 Å². The Morgan fingerprint density at radius 3 is 2.80 bits per heavy atom. The Kier molecular flexibility index (Phi) is 4.92. The molecule has 15 heavy (non-hydrogen) atoms. The molecule has 0 fully saturated rings. The van der Waals surface area contributed by atoms with Crippen molar-refractivity contribution in [3.8, 4) is 0 Å². The molecule has 0 amide bonds. The molecule has 84 valence electrons. The van der Waals surface area contributed by atoms with Gasteiger partial charge >= 0.3 is 0 Å². The average molecular weight is 227 g/mol. The molecule has 3 heteroatoms. The fourth-order valence-electron chi connectivity index (χ4n) is 1.45. The summed E-state index contributed by atoms with van der Waals surface area (Å²) in [5.41, 5.74) is 7.86. The molecule has 0 saturated heterocycles. The topological polar surface area (TPSA) is 38.0 Å². The van der Waals surface area contributed by atoms with E-state index in [1.54, 1.807) is 0 Å². The zero-order chi connectivity index (χ0) is 11.3. The number of nitrogens with one attached hydrogen (secondary N) is 1. The van der Waals surface area contributed by atoms with Crippen LogP contribution in [0.4, 0.5) is 5.69 Å². The summed E-state index contributed by atoms with van der Waals surface area (Å²) in [7, 11) is 0. The Bertz CT molecular complexity index is 308. The summed E-state index contributed by atoms with van der Waals surface area (Å²) in [5.74, 6) is 0.531. The van der Waals surface area contributed by atoms with Crippen LogP contribution in [-0.2, 0) is 0 Å². The van der Waals surface area contributed by atoms with Crippen molar-refractivity contribution >= 4 is 17.3 Å². The SMILES string of the molecule is CCC(CN)CNc1cccc(Cl)c1C. The lowest BCUT2D eigenvalue weighted by Crippen LogP contribution is -2.22. The van der Waals surface area contributed by atoms with E-state index in [0.29, 0.717) is 5.92 Å². The minimum atomic E-state index is 0.531. The lowest BCUT2D eigenvalue weighted by molar-refractivity contribution is 0.548. The molecule has 3 N–H and O–H groups in total. The molecule has 0 aliphatic heterocycles. The van der Waals surface area contributed by atoms with Gasteiger partial charge in [-0.1, -0.05) is 31.0 Å². The first-order valence-corrected chi connectivity index (χ1v) is 5.75. The predicted octanol–water partition coefficient (Wildman–Crippen LogP) is 3.05. The molecule has 0 spiro atoms. The van der Waals surface area contributed by atoms with Crippen LogP contribution in [0.5, 0.6) is 0 Å². The maximum atomic E-state index is 6.03. The Balaban J connectivity index is 2.61. The van der Waals surface area contributed by atoms with E-state index >= 15 is 0 Å². The van der Waals surface area contributed by atoms with Crippen molar-refractivity contribution in [3.63, 3.8) is 0 Å². The molecule has 0 radical (unpaired) electrons. The molecule has 0 aliphatic carbocycles. The molecule has 0 bridgehead atoms. The van der Waals surface area contributed by atoms with E-state index in [1.807, 2.05) is 25.1 Å². The van der Waals surface area contributed by atoms with Crippen LogP contribution in [0.3, 0.4) is 0 Å². The van der Waals surface area contributed by atoms with Crippen LogP contribution in [0.15, 0.2) is 18.2 Å². The van der Waals surface area contributed by atoms with E-state index in [-0.39, 0.29) is 0 Å². The van der Waals surface area contributed by atoms with Crippen LogP contribution in [-0.4, -0.2) is 13.1 Å². The molecular weight excluding hydrogens is 208 g/mol. The molecule has 2 nitrogen and oxygen atoms in total. The van der Waals surface area contributed by atoms with Gasteiger partial charge in [0, 0.05) is 17.3 Å². The van der Waals surface area contributed by atoms with Gasteiger partial charge in [-0.15, -0.1) is 0 Å². The first-order chi connectivity index (χ1) is 7.19. The van der Waals surface area contributed by atoms with E-state index < -0.39 is 0 Å². The van der Waals surface area contributed by atoms with E-state index in [0.717, 1.165) is 35.8 Å². The minimum Gasteiger partial charge on any atom is -0.384 e. The molecule has 0 aromatic heterocycles. The third-order valence-corrected chi connectivity index (χ3v) is 3.17. The van der Waals surface area contributed by atoms with Crippen molar-refractivity contribution in [2.75, 3.05) is 18.4 Å². The predicted molar refractivity (Wildman–Crippen MR) is 67.5 cm³/mol. The molecule has 1 unspecified atom stereocenters. The smallest absolute Gasteiger partial charge is 0.0455 e. The van der Waals surface area contributed by atoms with Crippen molar-refractivity contribution in [2.45, 2.75) is 20.3 Å². The summed E-state index contributed by atoms with van der Waals surface area (Å²) < 4.78 is 0. The highest BCUT2D eigenvalue weighted by Gasteiger charge is 2.05. The Labute approximate surface area is 96.8 Å². The van der Waals surface area contributed by atoms with Gasteiger partial charge in [-0.2, -0.15) is 0 Å². The second-order valence-electron chi connectivity index (χ2n) is 3.80. The third kappa shape index (κ3) is 3.40. The highest BCUT2D eigenvalue weighted by molar-refractivity contribution is 6.31. The molecule has 0 aliphatic rings. The van der Waals surface area contributed by atoms with Crippen molar-refractivity contribution in [2.24, 2.45) is 11.7 Å². The third-order valence-electron chi connectivity index (χ3n) is 2.76. The van der Waals surface area contributed by atoms with E-state index in [1.165, 1.54) is 0 Å². The van der Waals surface area contributed by atoms with Crippen LogP contribution in [0.1, 0.15) is 18.9 Å². The molecule has 0 saturated carbocycles. The second kappa shape index (κ2) is 5.99. The highest BCUT2D eigenvalue weighted by atomic mass is 35.5. The van der Waals surface area contributed by atoms with E-state index in [4.69, 9.17) is 17.3 Å². The number of hydrogen-bond donors (Lipinski definition) is 2. The summed E-state index contributed by atoms with van der Waals surface area (Å²) in [6, 6.07) is 5.91. The van der Waals surface area contributed by atoms with Crippen molar-refractivity contribution in [3.05, 3.63) is 28.8 Å². The van der Waals surface area contributed by atoms with Gasteiger partial charge < -0.3 is 11.1 Å². The van der Waals surface area contributed by atoms with Gasteiger partial charge in [0.05, 0.1) is 0 Å². The van der Waals surface area contributed by atoms with Gasteiger partial charge in [0.1, 0.15) is 0 Å². The number of nitrogens with two attached hydrogens (primary N) is 1. The molecule has 1 aromatic carbocycles. The second-order valence-corrected chi connectivity index (χ2v) is 4.21. The van der Waals surface area contributed by atoms with Crippen LogP contribution in [0.25, 0.3) is 0 Å². The summed E-state index contributed by atoms with van der Waals surface area (Å²) in [4.78, 5) is 0. The monoisotopic (exact) mass is 226 g/mol. The van der Waals surface area contributed by atoms with Crippen molar-refractivity contribution in [1.29, 1.82) is 0 Å². The van der Waals surface area contributed by atoms with Crippen LogP contribution in [0.2, 0.25) is 5.02 Å². The summed E-state index contributed by atoms with van der Waals surface area (Å²) in [5, 5.41) is 4.20. The maximum Gasteiger partial charge on any atom is 0.0455 e. The molecular formula is C12H19ClN2. The van der Waals surface area contributed by atoms with Crippen molar-refractivity contribution < 1.29 is 0 Å². The normalized spacial score (nSPS) is 12.5. The molecule has 1 aromatic rings. The summed E-state index contributed by atoms with van der Waals surface area (Å²) >= 11 is 6.03. The largest absolute Gasteiger partial charge is 0.384 e. The van der Waals surface area contributed by atoms with Crippen LogP contribution in [0, 0.1) is 12.8 Å². The highest BCUT2D eigenvalue weighted by Crippen LogP contribution is 2.23. The number of halogens is 1. The number of benzene rings is 1. The average Bonchev–Trinajstić information content (AvgIpc) is 2.25. The standard InChI is InChI=1S/C12H19ClN2/c1-3-10(7-14)8-15-12-6-4-5-11(13)9(12)2/h4-6,10,15H,3,7-8,14H2,1-2H3. The summed E-state index contributed by atoms with van der Waals surface area (Å²) in [6.45, 7) is 5.81. The fraction of sp³-hybridized carbons (Fsp3) is 0.500. The Hall–Kier alpha value is -0.730. The number of hydrogen-bond acceptors (Lipinski definition) is 2. The first kappa shape index (κ1) is 12.3. The minimum absolute atomic E-state index is 0.531. The quantitative estimate of drug-likeness (QED) is 0.810. The number of anilines is 1. The van der Waals surface area contributed by atoms with Crippen molar-refractivity contribution in [1.82, 2.24) is 0 Å². The lowest BCUT2D eigenvalue weighted by atomic mass is 10.1. The van der Waals surface area contributed by atoms with Gasteiger partial charge in [-0.05, 0) is 37.1 Å². The van der Waals surface area contributed by atoms with Crippen LogP contribution >= 0.6 is 11.6 Å². The van der Waals surface area contributed by atoms with Gasteiger partial charge in [0.25, 0.3) is 0 Å². The van der Waals surface area contributed by atoms with Crippen LogP contribution < -0.4 is 11.1 Å². The van der Waals surface area contributed by atoms with Gasteiger partial charge in [-0.3, -0.25) is 0 Å². The molecule has 1 atom stereocenters. The van der Waals surface area contributed by atoms with Gasteiger partial charge in [0.2, 0.25) is 0 Å². The molecule has 0 heterocycles. The Morgan fingerprint density at radius 1 is 1.47 bits per heavy atom. The zero-order valence-corrected chi connectivity index (χ0v) is 10.1. The maximum absolute atomic E-state index is 6.03. The first-order valence-electron chi connectivity index (χ1n) is 5.38. The van der Waals surface area contributed by atoms with Gasteiger partial charge in [0.15, 0.2) is 0 Å². The fourth-order valence-corrected chi connectivity index (χ4v) is 1.62. The summed E-state index contributed by atoms with van der Waals surface area (Å²) in [6.07, 6.45) is 1.10. The van der Waals surface area contributed by atoms with Gasteiger partial charge in [-0.25, -0.2) is 0 Å². The lowest BCUT2D eigenvalue weighted by Gasteiger charge is -2.16. The zero-order valence-electron chi connectivity index (χ0n) is 9.39. The van der Waals surface area contributed by atoms with E-state index in [2.05, 4.69) is 12.2 Å².